The summed E-state index contributed by atoms with van der Waals surface area (Å²) in [6.45, 7) is 19.6. The number of rotatable bonds is 12. The topological polar surface area (TPSA) is 19.4 Å². The van der Waals surface area contributed by atoms with Gasteiger partial charge >= 0.3 is 0 Å². The van der Waals surface area contributed by atoms with E-state index >= 15 is 0 Å². The van der Waals surface area contributed by atoms with Crippen LogP contribution in [-0.2, 0) is 0 Å². The fraction of sp³-hybridized carbons (Fsp3) is 0.111. The Hall–Kier alpha value is -10.3. The first-order valence-corrected chi connectivity index (χ1v) is 32.5. The average Bonchev–Trinajstić information content (AvgIpc) is 0.679. The van der Waals surface area contributed by atoms with Crippen molar-refractivity contribution in [2.24, 2.45) is 0 Å². The summed E-state index contributed by atoms with van der Waals surface area (Å²) in [5, 5.41) is 4.19. The van der Waals surface area contributed by atoms with E-state index in [2.05, 4.69) is 347 Å². The summed E-state index contributed by atoms with van der Waals surface area (Å²) in [6, 6.07) is 97.1. The third kappa shape index (κ3) is 9.41. The Morgan fingerprint density at radius 2 is 0.341 bits per heavy atom. The molecule has 0 atom stereocenters. The molecular weight excluding hydrogens is 1090 g/mol. The van der Waals surface area contributed by atoms with E-state index in [4.69, 9.17) is 0 Å². The van der Waals surface area contributed by atoms with Gasteiger partial charge in [0.25, 0.3) is 0 Å². The minimum absolute atomic E-state index is 1.07. The van der Waals surface area contributed by atoms with Gasteiger partial charge in [-0.2, -0.15) is 0 Å². The van der Waals surface area contributed by atoms with Crippen LogP contribution in [-0.4, -0.2) is 8.80 Å². The van der Waals surface area contributed by atoms with Crippen molar-refractivity contribution in [2.45, 2.75) is 62.3 Å². The summed E-state index contributed by atoms with van der Waals surface area (Å²) in [5.41, 5.74) is 31.2. The minimum atomic E-state index is -2.56. The fourth-order valence-electron chi connectivity index (χ4n) is 13.5. The second-order valence-corrected chi connectivity index (χ2v) is 27.3. The van der Waals surface area contributed by atoms with Crippen molar-refractivity contribution in [3.8, 4) is 0 Å². The van der Waals surface area contributed by atoms with Crippen LogP contribution in [0.1, 0.15) is 50.1 Å². The van der Waals surface area contributed by atoms with E-state index in [1.807, 2.05) is 0 Å². The molecule has 428 valence electrons. The van der Waals surface area contributed by atoms with Gasteiger partial charge in [-0.05, 0) is 223 Å². The maximum absolute atomic E-state index is 2.63. The highest BCUT2D eigenvalue weighted by molar-refractivity contribution is 7.02. The lowest BCUT2D eigenvalue weighted by Gasteiger charge is -2.51. The number of aryl methyl sites for hydroxylation is 9. The smallest absolute Gasteiger partial charge is 0.149 e. The van der Waals surface area contributed by atoms with Crippen LogP contribution in [0.2, 0.25) is 0 Å². The van der Waals surface area contributed by atoms with Crippen LogP contribution in [0.15, 0.2) is 255 Å². The molecule has 0 radical (unpaired) electrons. The summed E-state index contributed by atoms with van der Waals surface area (Å²) in [5.74, 6) is 0. The maximum atomic E-state index is 2.63. The molecule has 3 heterocycles. The zero-order chi connectivity index (χ0) is 60.1. The SMILES string of the molecule is Cc1ccc(N(c2ccc(C)cc2)c2cc3c4c(c2)N(c2ccc(C)cc2)c2cc(N(c5ccc(C)cc5)c5ccc(C)cc5)cc5c2[SiH]4c2c(cc(N(c4ccc(C)cc4)c4ccc(C)cc4)cc2N5c2ccc(C)cc2)N3c2ccc(C)cc2)cc1. The van der Waals surface area contributed by atoms with Gasteiger partial charge in [0.2, 0.25) is 0 Å². The molecule has 0 aliphatic carbocycles. The Morgan fingerprint density at radius 1 is 0.193 bits per heavy atom. The monoisotopic (exact) mass is 1150 g/mol. The van der Waals surface area contributed by atoms with Gasteiger partial charge in [0.15, 0.2) is 0 Å². The van der Waals surface area contributed by atoms with E-state index < -0.39 is 8.80 Å². The molecule has 0 saturated heterocycles. The van der Waals surface area contributed by atoms with E-state index in [9.17, 15) is 0 Å². The summed E-state index contributed by atoms with van der Waals surface area (Å²) in [6.07, 6.45) is 0. The zero-order valence-electron chi connectivity index (χ0n) is 51.5. The molecule has 12 aromatic rings. The van der Waals surface area contributed by atoms with Crippen LogP contribution >= 0.6 is 0 Å². The average molecular weight is 1160 g/mol. The summed E-state index contributed by atoms with van der Waals surface area (Å²) in [7, 11) is -2.56. The van der Waals surface area contributed by atoms with Crippen molar-refractivity contribution < 1.29 is 0 Å². The normalized spacial score (nSPS) is 12.7. The highest BCUT2D eigenvalue weighted by Crippen LogP contribution is 2.55. The van der Waals surface area contributed by atoms with Gasteiger partial charge in [0, 0.05) is 51.2 Å². The molecule has 0 saturated carbocycles. The molecule has 0 N–H and O–H groups in total. The van der Waals surface area contributed by atoms with Crippen LogP contribution in [0, 0.1) is 62.3 Å². The first-order valence-electron chi connectivity index (χ1n) is 30.7. The molecular formula is C81H70N6Si. The highest BCUT2D eigenvalue weighted by atomic mass is 28.3. The van der Waals surface area contributed by atoms with Gasteiger partial charge in [0.05, 0.1) is 51.2 Å². The number of nitrogens with zero attached hydrogens (tertiary/aromatic N) is 6. The molecule has 12 aromatic carbocycles. The molecule has 0 spiro atoms. The van der Waals surface area contributed by atoms with Crippen LogP contribution in [0.3, 0.4) is 0 Å². The van der Waals surface area contributed by atoms with Gasteiger partial charge in [-0.1, -0.05) is 159 Å². The van der Waals surface area contributed by atoms with Gasteiger partial charge in [-0.15, -0.1) is 0 Å². The second kappa shape index (κ2) is 21.6. The number of hydrogen-bond donors (Lipinski definition) is 0. The molecule has 6 nitrogen and oxygen atoms in total. The molecule has 15 rings (SSSR count). The lowest BCUT2D eigenvalue weighted by molar-refractivity contribution is 1.18. The molecule has 0 unspecified atom stereocenters. The molecule has 0 amide bonds. The first-order chi connectivity index (χ1) is 42.8. The van der Waals surface area contributed by atoms with Crippen LogP contribution in [0.25, 0.3) is 0 Å². The Kier molecular flexibility index (Phi) is 13.3. The van der Waals surface area contributed by atoms with E-state index in [-0.39, 0.29) is 0 Å². The summed E-state index contributed by atoms with van der Waals surface area (Å²) >= 11 is 0. The van der Waals surface area contributed by atoms with Crippen molar-refractivity contribution in [3.05, 3.63) is 305 Å². The third-order valence-corrected chi connectivity index (χ3v) is 21.6. The van der Waals surface area contributed by atoms with E-state index in [1.165, 1.54) is 99.8 Å². The van der Waals surface area contributed by atoms with Gasteiger partial charge in [-0.25, -0.2) is 0 Å². The van der Waals surface area contributed by atoms with Gasteiger partial charge < -0.3 is 29.4 Å². The summed E-state index contributed by atoms with van der Waals surface area (Å²) in [4.78, 5) is 15.3. The Labute approximate surface area is 520 Å². The van der Waals surface area contributed by atoms with Crippen molar-refractivity contribution in [1.29, 1.82) is 0 Å². The number of hydrogen-bond acceptors (Lipinski definition) is 6. The molecule has 88 heavy (non-hydrogen) atoms. The first kappa shape index (κ1) is 54.3. The maximum Gasteiger partial charge on any atom is 0.149 e. The molecule has 0 bridgehead atoms. The fourth-order valence-corrected chi connectivity index (χ4v) is 17.4. The quantitative estimate of drug-likeness (QED) is 0.113. The Bertz CT molecular complexity index is 3930. The Morgan fingerprint density at radius 3 is 0.500 bits per heavy atom. The predicted molar refractivity (Wildman–Crippen MR) is 377 cm³/mol. The lowest BCUT2D eigenvalue weighted by atomic mass is 10.0. The van der Waals surface area contributed by atoms with Crippen molar-refractivity contribution in [3.63, 3.8) is 0 Å². The largest absolute Gasteiger partial charge is 0.310 e. The zero-order valence-corrected chi connectivity index (χ0v) is 52.7. The van der Waals surface area contributed by atoms with E-state index in [0.717, 1.165) is 68.2 Å². The number of anilines is 18. The molecule has 0 aromatic heterocycles. The van der Waals surface area contributed by atoms with Crippen LogP contribution in [0.4, 0.5) is 102 Å². The van der Waals surface area contributed by atoms with Crippen molar-refractivity contribution >= 4 is 127 Å². The third-order valence-electron chi connectivity index (χ3n) is 18.1. The van der Waals surface area contributed by atoms with Crippen molar-refractivity contribution in [2.75, 3.05) is 29.4 Å². The van der Waals surface area contributed by atoms with E-state index in [1.54, 1.807) is 0 Å². The molecule has 3 aliphatic rings. The van der Waals surface area contributed by atoms with Crippen molar-refractivity contribution in [1.82, 2.24) is 0 Å². The second-order valence-electron chi connectivity index (χ2n) is 24.7. The number of benzene rings is 12. The standard InChI is InChI=1S/C81H70N6Si/c1-52-10-28-61(29-11-52)82(62-30-12-53(2)13-31-62)70-46-73-79-74(47-70)86(68-42-24-59(8)25-43-68)76-49-72(84(65-36-18-56(5)19-37-65)66-38-20-57(6)21-39-66)51-78-81(76)88(79)80-75(85(73)67-40-22-58(7)23-41-67)48-71(50-77(80)87(78)69-44-26-60(9)27-45-69)83(63-32-14-54(3)15-33-63)64-34-16-55(4)17-35-64/h10-51,88H,1-9H3. The Balaban J connectivity index is 1.13. The summed E-state index contributed by atoms with van der Waals surface area (Å²) < 4.78 is 0. The minimum Gasteiger partial charge on any atom is -0.310 e. The van der Waals surface area contributed by atoms with E-state index in [0.29, 0.717) is 0 Å². The highest BCUT2D eigenvalue weighted by Gasteiger charge is 2.50. The molecule has 7 heteroatoms. The van der Waals surface area contributed by atoms with Crippen LogP contribution < -0.4 is 45.0 Å². The lowest BCUT2D eigenvalue weighted by Crippen LogP contribution is -2.65. The van der Waals surface area contributed by atoms with Gasteiger partial charge in [-0.3, -0.25) is 0 Å². The van der Waals surface area contributed by atoms with Crippen LogP contribution in [0.5, 0.6) is 0 Å². The van der Waals surface area contributed by atoms with Gasteiger partial charge in [0.1, 0.15) is 8.80 Å². The molecule has 0 fully saturated rings. The predicted octanol–water partition coefficient (Wildman–Crippen LogP) is 20.5. The molecule has 3 aliphatic heterocycles.